The molecule has 1 saturated heterocycles. The van der Waals surface area contributed by atoms with Crippen LogP contribution in [0, 0.1) is 5.92 Å². The fourth-order valence-corrected chi connectivity index (χ4v) is 4.63. The molecule has 106 valence electrons. The summed E-state index contributed by atoms with van der Waals surface area (Å²) in [5.41, 5.74) is 5.97. The van der Waals surface area contributed by atoms with E-state index in [4.69, 9.17) is 17.3 Å². The van der Waals surface area contributed by atoms with E-state index in [0.29, 0.717) is 12.2 Å². The van der Waals surface area contributed by atoms with E-state index in [1.807, 2.05) is 6.92 Å². The summed E-state index contributed by atoms with van der Waals surface area (Å²) in [5, 5.41) is 9.52. The predicted molar refractivity (Wildman–Crippen MR) is 74.4 cm³/mol. The molecular weight excluding hydrogens is 288 g/mol. The molecule has 1 aliphatic heterocycles. The van der Waals surface area contributed by atoms with Gasteiger partial charge in [-0.25, -0.2) is 8.42 Å². The lowest BCUT2D eigenvalue weighted by Crippen LogP contribution is -2.39. The second-order valence-corrected chi connectivity index (χ2v) is 7.09. The fraction of sp³-hybridized carbons (Fsp3) is 0.500. The van der Waals surface area contributed by atoms with Gasteiger partial charge in [0.15, 0.2) is 0 Å². The molecule has 0 spiro atoms. The number of hydrogen-bond donors (Lipinski definition) is 2. The third kappa shape index (κ3) is 2.58. The summed E-state index contributed by atoms with van der Waals surface area (Å²) in [5.74, 6) is 0.125. The molecule has 2 atom stereocenters. The van der Waals surface area contributed by atoms with Crippen molar-refractivity contribution in [2.75, 3.05) is 18.9 Å². The molecule has 1 aliphatic rings. The first-order chi connectivity index (χ1) is 8.87. The average Bonchev–Trinajstić information content (AvgIpc) is 2.74. The summed E-state index contributed by atoms with van der Waals surface area (Å²) in [6.07, 6.45) is 0.727. The Morgan fingerprint density at radius 2 is 2.21 bits per heavy atom. The zero-order chi connectivity index (χ0) is 14.2. The van der Waals surface area contributed by atoms with Gasteiger partial charge >= 0.3 is 0 Å². The van der Waals surface area contributed by atoms with Crippen LogP contribution in [0.25, 0.3) is 0 Å². The molecule has 5 nitrogen and oxygen atoms in total. The molecule has 1 aromatic carbocycles. The number of aliphatic hydroxyl groups is 1. The smallest absolute Gasteiger partial charge is 0.244 e. The zero-order valence-electron chi connectivity index (χ0n) is 10.6. The first-order valence-electron chi connectivity index (χ1n) is 6.05. The summed E-state index contributed by atoms with van der Waals surface area (Å²) in [6.45, 7) is 2.12. The van der Waals surface area contributed by atoms with Gasteiger partial charge in [-0.3, -0.25) is 0 Å². The summed E-state index contributed by atoms with van der Waals surface area (Å²) >= 11 is 5.96. The molecule has 3 N–H and O–H groups in total. The maximum Gasteiger partial charge on any atom is 0.244 e. The Morgan fingerprint density at radius 1 is 1.53 bits per heavy atom. The molecule has 0 aromatic heterocycles. The highest BCUT2D eigenvalue weighted by Gasteiger charge is 2.39. The van der Waals surface area contributed by atoms with Gasteiger partial charge in [0.05, 0.1) is 17.7 Å². The van der Waals surface area contributed by atoms with Crippen molar-refractivity contribution in [2.45, 2.75) is 24.3 Å². The number of sulfonamides is 1. The van der Waals surface area contributed by atoms with Crippen LogP contribution in [0.15, 0.2) is 23.1 Å². The maximum absolute atomic E-state index is 12.6. The van der Waals surface area contributed by atoms with Crippen LogP contribution in [0.5, 0.6) is 0 Å². The minimum absolute atomic E-state index is 0.00159. The van der Waals surface area contributed by atoms with Crippen LogP contribution in [0.3, 0.4) is 0 Å². The van der Waals surface area contributed by atoms with Gasteiger partial charge in [-0.1, -0.05) is 18.5 Å². The third-order valence-corrected chi connectivity index (χ3v) is 5.97. The number of halogens is 1. The molecular formula is C12H17ClN2O3S. The molecule has 1 fully saturated rings. The molecule has 1 heterocycles. The van der Waals surface area contributed by atoms with Crippen molar-refractivity contribution in [3.8, 4) is 0 Å². The van der Waals surface area contributed by atoms with Gasteiger partial charge in [-0.2, -0.15) is 4.31 Å². The molecule has 0 radical (unpaired) electrons. The van der Waals surface area contributed by atoms with E-state index in [-0.39, 0.29) is 22.4 Å². The van der Waals surface area contributed by atoms with Crippen molar-refractivity contribution in [2.24, 2.45) is 5.92 Å². The lowest BCUT2D eigenvalue weighted by Gasteiger charge is -2.25. The normalized spacial score (nSPS) is 24.8. The van der Waals surface area contributed by atoms with Gasteiger partial charge in [0.2, 0.25) is 10.0 Å². The summed E-state index contributed by atoms with van der Waals surface area (Å²) in [6, 6.07) is 3.98. The van der Waals surface area contributed by atoms with Gasteiger partial charge in [0.25, 0.3) is 0 Å². The number of anilines is 1. The van der Waals surface area contributed by atoms with Crippen LogP contribution >= 0.6 is 11.6 Å². The van der Waals surface area contributed by atoms with Gasteiger partial charge in [0, 0.05) is 12.2 Å². The van der Waals surface area contributed by atoms with E-state index in [0.717, 1.165) is 6.42 Å². The Hall–Kier alpha value is -0.820. The Labute approximate surface area is 118 Å². The van der Waals surface area contributed by atoms with Crippen LogP contribution in [-0.2, 0) is 10.0 Å². The Bertz CT molecular complexity index is 576. The summed E-state index contributed by atoms with van der Waals surface area (Å²) < 4.78 is 26.5. The first-order valence-corrected chi connectivity index (χ1v) is 7.87. The number of benzene rings is 1. The molecule has 2 unspecified atom stereocenters. The summed E-state index contributed by atoms with van der Waals surface area (Å²) in [7, 11) is -3.72. The van der Waals surface area contributed by atoms with Crippen molar-refractivity contribution >= 4 is 27.3 Å². The van der Waals surface area contributed by atoms with Gasteiger partial charge in [-0.05, 0) is 30.5 Å². The van der Waals surface area contributed by atoms with Crippen LogP contribution in [0.1, 0.15) is 13.3 Å². The lowest BCUT2D eigenvalue weighted by atomic mass is 10.0. The van der Waals surface area contributed by atoms with Crippen LogP contribution in [-0.4, -0.2) is 37.0 Å². The Morgan fingerprint density at radius 3 is 2.84 bits per heavy atom. The molecule has 1 aromatic rings. The summed E-state index contributed by atoms with van der Waals surface area (Å²) in [4.78, 5) is 0.00159. The fourth-order valence-electron chi connectivity index (χ4n) is 2.39. The maximum atomic E-state index is 12.6. The highest BCUT2D eigenvalue weighted by molar-refractivity contribution is 7.89. The minimum atomic E-state index is -3.72. The van der Waals surface area contributed by atoms with Crippen molar-refractivity contribution in [1.82, 2.24) is 4.31 Å². The van der Waals surface area contributed by atoms with E-state index in [1.165, 1.54) is 16.4 Å². The van der Waals surface area contributed by atoms with E-state index in [1.54, 1.807) is 6.07 Å². The van der Waals surface area contributed by atoms with Gasteiger partial charge in [-0.15, -0.1) is 0 Å². The quantitative estimate of drug-likeness (QED) is 0.825. The first kappa shape index (κ1) is 14.6. The van der Waals surface area contributed by atoms with Crippen molar-refractivity contribution in [3.05, 3.63) is 23.2 Å². The topological polar surface area (TPSA) is 83.6 Å². The highest BCUT2D eigenvalue weighted by atomic mass is 35.5. The predicted octanol–water partition coefficient (Wildman–Crippen LogP) is 1.31. The molecule has 7 heteroatoms. The largest absolute Gasteiger partial charge is 0.399 e. The van der Waals surface area contributed by atoms with Crippen LogP contribution < -0.4 is 5.73 Å². The van der Waals surface area contributed by atoms with Crippen molar-refractivity contribution < 1.29 is 13.5 Å². The van der Waals surface area contributed by atoms with Gasteiger partial charge < -0.3 is 10.8 Å². The van der Waals surface area contributed by atoms with Gasteiger partial charge in [0.1, 0.15) is 4.90 Å². The zero-order valence-corrected chi connectivity index (χ0v) is 12.2. The van der Waals surface area contributed by atoms with E-state index in [9.17, 15) is 13.5 Å². The second-order valence-electron chi connectivity index (χ2n) is 4.82. The third-order valence-electron chi connectivity index (χ3n) is 3.56. The van der Waals surface area contributed by atoms with Crippen molar-refractivity contribution in [1.29, 1.82) is 0 Å². The molecule has 19 heavy (non-hydrogen) atoms. The number of nitrogens with two attached hydrogens (primary N) is 1. The molecule has 0 aliphatic carbocycles. The monoisotopic (exact) mass is 304 g/mol. The highest BCUT2D eigenvalue weighted by Crippen LogP contribution is 2.33. The minimum Gasteiger partial charge on any atom is -0.399 e. The number of aliphatic hydroxyl groups excluding tert-OH is 1. The van der Waals surface area contributed by atoms with E-state index in [2.05, 4.69) is 0 Å². The average molecular weight is 305 g/mol. The standard InChI is InChI=1S/C12H17ClN2O3S/c1-8-4-5-15(11(8)7-16)19(17,18)12-6-9(14)2-3-10(12)13/h2-3,6,8,11,16H,4-5,7,14H2,1H3. The SMILES string of the molecule is CC1CCN(S(=O)(=O)c2cc(N)ccc2Cl)C1CO. The lowest BCUT2D eigenvalue weighted by molar-refractivity contribution is 0.191. The second kappa shape index (κ2) is 5.28. The van der Waals surface area contributed by atoms with E-state index >= 15 is 0 Å². The number of rotatable bonds is 3. The molecule has 0 bridgehead atoms. The van der Waals surface area contributed by atoms with Crippen molar-refractivity contribution in [3.63, 3.8) is 0 Å². The Kier molecular flexibility index (Phi) is 4.06. The van der Waals surface area contributed by atoms with E-state index < -0.39 is 16.1 Å². The number of nitrogen functional groups attached to an aromatic ring is 1. The Balaban J connectivity index is 2.45. The molecule has 0 amide bonds. The molecule has 2 rings (SSSR count). The number of hydrogen-bond acceptors (Lipinski definition) is 4. The molecule has 0 saturated carbocycles. The van der Waals surface area contributed by atoms with Crippen LogP contribution in [0.2, 0.25) is 5.02 Å². The number of nitrogens with zero attached hydrogens (tertiary/aromatic N) is 1. The van der Waals surface area contributed by atoms with Crippen LogP contribution in [0.4, 0.5) is 5.69 Å².